The molecular formula is C26H32F2N2O3. The number of nitrogens with zero attached hydrogens (tertiary/aromatic N) is 1. The summed E-state index contributed by atoms with van der Waals surface area (Å²) in [4.78, 5) is 15.7. The van der Waals surface area contributed by atoms with Crippen LogP contribution in [0.5, 0.6) is 5.75 Å². The van der Waals surface area contributed by atoms with E-state index in [1.54, 1.807) is 37.4 Å². The Hall–Kier alpha value is -2.51. The largest absolute Gasteiger partial charge is 0.497 e. The second kappa shape index (κ2) is 9.77. The summed E-state index contributed by atoms with van der Waals surface area (Å²) >= 11 is 0. The molecule has 1 aliphatic heterocycles. The van der Waals surface area contributed by atoms with Crippen molar-refractivity contribution in [1.82, 2.24) is 10.2 Å². The van der Waals surface area contributed by atoms with Crippen LogP contribution in [0.1, 0.15) is 43.2 Å². The zero-order valence-electron chi connectivity index (χ0n) is 19.0. The van der Waals surface area contributed by atoms with Crippen LogP contribution in [0.2, 0.25) is 0 Å². The molecule has 33 heavy (non-hydrogen) atoms. The Balaban J connectivity index is 1.40. The first kappa shape index (κ1) is 23.6. The van der Waals surface area contributed by atoms with Crippen LogP contribution in [0.4, 0.5) is 8.78 Å². The van der Waals surface area contributed by atoms with Crippen molar-refractivity contribution < 1.29 is 23.4 Å². The van der Waals surface area contributed by atoms with Gasteiger partial charge in [-0.15, -0.1) is 0 Å². The number of hydrogen-bond donors (Lipinski definition) is 2. The Kier molecular flexibility index (Phi) is 7.00. The number of benzene rings is 2. The number of hydrogen-bond acceptors (Lipinski definition) is 4. The number of methoxy groups -OCH3 is 1. The summed E-state index contributed by atoms with van der Waals surface area (Å²) in [6, 6.07) is 16.4. The summed E-state index contributed by atoms with van der Waals surface area (Å²) in [6.45, 7) is 2.39. The average molecular weight is 459 g/mol. The lowest BCUT2D eigenvalue weighted by Gasteiger charge is -2.37. The number of rotatable bonds is 7. The van der Waals surface area contributed by atoms with Gasteiger partial charge in [0.25, 0.3) is 5.91 Å². The van der Waals surface area contributed by atoms with E-state index in [9.17, 15) is 18.7 Å². The number of ether oxygens (including phenoxy) is 1. The molecule has 1 aliphatic carbocycles. The molecule has 178 valence electrons. The van der Waals surface area contributed by atoms with E-state index in [0.717, 1.165) is 43.8 Å². The molecular weight excluding hydrogens is 426 g/mol. The van der Waals surface area contributed by atoms with Crippen LogP contribution in [0.3, 0.4) is 0 Å². The van der Waals surface area contributed by atoms with Crippen molar-refractivity contribution >= 4 is 5.91 Å². The molecule has 5 nitrogen and oxygen atoms in total. The first-order valence-electron chi connectivity index (χ1n) is 11.6. The highest BCUT2D eigenvalue weighted by Crippen LogP contribution is 2.47. The van der Waals surface area contributed by atoms with Crippen molar-refractivity contribution in [3.8, 4) is 5.75 Å². The molecule has 4 rings (SSSR count). The van der Waals surface area contributed by atoms with Crippen molar-refractivity contribution in [2.45, 2.75) is 56.2 Å². The van der Waals surface area contributed by atoms with Gasteiger partial charge in [0.1, 0.15) is 5.75 Å². The molecule has 2 aliphatic rings. The highest BCUT2D eigenvalue weighted by molar-refractivity contribution is 5.87. The normalized spacial score (nSPS) is 23.1. The summed E-state index contributed by atoms with van der Waals surface area (Å²) in [7, 11) is 1.65. The number of carbonyl (C=O) groups is 1. The first-order valence-corrected chi connectivity index (χ1v) is 11.6. The lowest BCUT2D eigenvalue weighted by Crippen LogP contribution is -2.54. The highest BCUT2D eigenvalue weighted by atomic mass is 19.3. The van der Waals surface area contributed by atoms with Gasteiger partial charge in [0.2, 0.25) is 5.92 Å². The Bertz CT molecular complexity index is 948. The Morgan fingerprint density at radius 2 is 1.88 bits per heavy atom. The fraction of sp³-hybridized carbons (Fsp3) is 0.500. The second-order valence-electron chi connectivity index (χ2n) is 9.30. The number of likely N-dealkylation sites (tertiary alicyclic amines) is 1. The molecule has 1 heterocycles. The Morgan fingerprint density at radius 3 is 2.52 bits per heavy atom. The fourth-order valence-corrected chi connectivity index (χ4v) is 5.11. The number of carbonyl (C=O) groups excluding carboxylic acids is 1. The predicted octanol–water partition coefficient (Wildman–Crippen LogP) is 4.10. The molecule has 0 spiro atoms. The molecule has 2 atom stereocenters. The molecule has 7 heteroatoms. The SMILES string of the molecule is COc1cccc(CN2CCC(NC(=O)[C@](O)(c3ccccc3)C3CCC(F)(F)C3)CC2)c1. The predicted molar refractivity (Wildman–Crippen MR) is 122 cm³/mol. The van der Waals surface area contributed by atoms with E-state index in [1.807, 2.05) is 18.2 Å². The third-order valence-corrected chi connectivity index (χ3v) is 7.02. The zero-order valence-corrected chi connectivity index (χ0v) is 19.0. The molecule has 1 amide bonds. The van der Waals surface area contributed by atoms with E-state index in [-0.39, 0.29) is 18.9 Å². The second-order valence-corrected chi connectivity index (χ2v) is 9.30. The standard InChI is InChI=1S/C26H32F2N2O3/c1-33-23-9-5-6-19(16-23)18-30-14-11-22(12-15-30)29-24(31)26(32,20-7-3-2-4-8-20)21-10-13-25(27,28)17-21/h2-9,16,21-22,32H,10-15,17-18H2,1H3,(H,29,31)/t21?,26-/m0/s1. The summed E-state index contributed by atoms with van der Waals surface area (Å²) < 4.78 is 33.2. The third kappa shape index (κ3) is 5.36. The average Bonchev–Trinajstić information content (AvgIpc) is 3.20. The highest BCUT2D eigenvalue weighted by Gasteiger charge is 2.53. The monoisotopic (exact) mass is 458 g/mol. The van der Waals surface area contributed by atoms with Gasteiger partial charge in [0.15, 0.2) is 5.60 Å². The van der Waals surface area contributed by atoms with E-state index in [2.05, 4.69) is 16.3 Å². The van der Waals surface area contributed by atoms with Crippen molar-refractivity contribution in [2.24, 2.45) is 5.92 Å². The lowest BCUT2D eigenvalue weighted by molar-refractivity contribution is -0.149. The van der Waals surface area contributed by atoms with E-state index < -0.39 is 29.8 Å². The molecule has 1 saturated carbocycles. The molecule has 0 bridgehead atoms. The number of amides is 1. The quantitative estimate of drug-likeness (QED) is 0.656. The van der Waals surface area contributed by atoms with Crippen LogP contribution >= 0.6 is 0 Å². The minimum atomic E-state index is -2.85. The van der Waals surface area contributed by atoms with Crippen LogP contribution < -0.4 is 10.1 Å². The molecule has 1 unspecified atom stereocenters. The van der Waals surface area contributed by atoms with Gasteiger partial charge in [0, 0.05) is 44.4 Å². The molecule has 2 aromatic carbocycles. The Labute approximate surface area is 193 Å². The van der Waals surface area contributed by atoms with Crippen molar-refractivity contribution in [1.29, 1.82) is 0 Å². The van der Waals surface area contributed by atoms with Crippen LogP contribution in [-0.2, 0) is 16.9 Å². The molecule has 0 aromatic heterocycles. The van der Waals surface area contributed by atoms with Gasteiger partial charge in [-0.05, 0) is 42.5 Å². The van der Waals surface area contributed by atoms with E-state index in [4.69, 9.17) is 4.74 Å². The number of aliphatic hydroxyl groups is 1. The van der Waals surface area contributed by atoms with Crippen molar-refractivity contribution in [3.63, 3.8) is 0 Å². The number of piperidine rings is 1. The number of halogens is 2. The van der Waals surface area contributed by atoms with Gasteiger partial charge in [-0.25, -0.2) is 8.78 Å². The summed E-state index contributed by atoms with van der Waals surface area (Å²) in [5.41, 5.74) is -0.419. The van der Waals surface area contributed by atoms with Gasteiger partial charge in [-0.1, -0.05) is 42.5 Å². The zero-order chi connectivity index (χ0) is 23.5. The van der Waals surface area contributed by atoms with E-state index in [1.165, 1.54) is 0 Å². The number of alkyl halides is 2. The summed E-state index contributed by atoms with van der Waals surface area (Å²) in [6.07, 6.45) is 0.807. The Morgan fingerprint density at radius 1 is 1.15 bits per heavy atom. The van der Waals surface area contributed by atoms with Crippen LogP contribution in [0, 0.1) is 5.92 Å². The number of nitrogens with one attached hydrogen (secondary N) is 1. The maximum absolute atomic E-state index is 14.0. The van der Waals surface area contributed by atoms with Gasteiger partial charge in [-0.3, -0.25) is 9.69 Å². The van der Waals surface area contributed by atoms with Crippen LogP contribution in [0.15, 0.2) is 54.6 Å². The van der Waals surface area contributed by atoms with Gasteiger partial charge in [0.05, 0.1) is 7.11 Å². The van der Waals surface area contributed by atoms with Crippen molar-refractivity contribution in [2.75, 3.05) is 20.2 Å². The fourth-order valence-electron chi connectivity index (χ4n) is 5.11. The minimum Gasteiger partial charge on any atom is -0.497 e. The topological polar surface area (TPSA) is 61.8 Å². The molecule has 2 N–H and O–H groups in total. The summed E-state index contributed by atoms with van der Waals surface area (Å²) in [5.74, 6) is -3.41. The van der Waals surface area contributed by atoms with Crippen molar-refractivity contribution in [3.05, 3.63) is 65.7 Å². The molecule has 2 fully saturated rings. The van der Waals surface area contributed by atoms with Gasteiger partial charge in [-0.2, -0.15) is 0 Å². The maximum Gasteiger partial charge on any atom is 0.257 e. The maximum atomic E-state index is 14.0. The van der Waals surface area contributed by atoms with E-state index >= 15 is 0 Å². The smallest absolute Gasteiger partial charge is 0.257 e. The molecule has 2 aromatic rings. The molecule has 0 radical (unpaired) electrons. The van der Waals surface area contributed by atoms with Crippen LogP contribution in [-0.4, -0.2) is 48.1 Å². The van der Waals surface area contributed by atoms with Gasteiger partial charge < -0.3 is 15.2 Å². The lowest BCUT2D eigenvalue weighted by atomic mass is 9.79. The van der Waals surface area contributed by atoms with E-state index in [0.29, 0.717) is 5.56 Å². The van der Waals surface area contributed by atoms with Crippen LogP contribution in [0.25, 0.3) is 0 Å². The first-order chi connectivity index (χ1) is 15.8. The third-order valence-electron chi connectivity index (χ3n) is 7.02. The van der Waals surface area contributed by atoms with Gasteiger partial charge >= 0.3 is 0 Å². The molecule has 1 saturated heterocycles. The minimum absolute atomic E-state index is 0.101. The summed E-state index contributed by atoms with van der Waals surface area (Å²) in [5, 5.41) is 14.5.